The minimum atomic E-state index is 0.212. The van der Waals surface area contributed by atoms with Crippen LogP contribution >= 0.6 is 0 Å². The number of rotatable bonds is 11. The minimum absolute atomic E-state index is 0.212. The summed E-state index contributed by atoms with van der Waals surface area (Å²) in [6, 6.07) is 5.83. The van der Waals surface area contributed by atoms with Crippen LogP contribution in [-0.4, -0.2) is 27.8 Å². The van der Waals surface area contributed by atoms with Gasteiger partial charge >= 0.3 is 0 Å². The number of allylic oxidation sites excluding steroid dienone is 4. The zero-order valence-electron chi connectivity index (χ0n) is 15.6. The maximum absolute atomic E-state index is 5.67. The molecule has 0 amide bonds. The van der Waals surface area contributed by atoms with Crippen molar-refractivity contribution in [1.29, 1.82) is 0 Å². The fourth-order valence-corrected chi connectivity index (χ4v) is 2.15. The fourth-order valence-electron chi connectivity index (χ4n) is 2.15. The predicted octanol–water partition coefficient (Wildman–Crippen LogP) is 4.89. The Morgan fingerprint density at radius 2 is 1.67 bits per heavy atom. The van der Waals surface area contributed by atoms with E-state index in [4.69, 9.17) is 18.9 Å². The van der Waals surface area contributed by atoms with Gasteiger partial charge in [0.15, 0.2) is 13.6 Å². The van der Waals surface area contributed by atoms with Crippen molar-refractivity contribution >= 4 is 0 Å². The van der Waals surface area contributed by atoms with Crippen LogP contribution < -0.4 is 9.47 Å². The lowest BCUT2D eigenvalue weighted by atomic mass is 10.1. The van der Waals surface area contributed by atoms with E-state index in [0.717, 1.165) is 36.3 Å². The van der Waals surface area contributed by atoms with E-state index in [2.05, 4.69) is 32.9 Å². The molecular weight excluding hydrogens is 304 g/mol. The van der Waals surface area contributed by atoms with Gasteiger partial charge in [0.1, 0.15) is 11.5 Å². The van der Waals surface area contributed by atoms with Crippen molar-refractivity contribution in [2.45, 2.75) is 40.0 Å². The van der Waals surface area contributed by atoms with Gasteiger partial charge in [-0.1, -0.05) is 29.4 Å². The molecule has 0 aliphatic heterocycles. The highest BCUT2D eigenvalue weighted by atomic mass is 16.7. The Labute approximate surface area is 146 Å². The molecule has 1 rings (SSSR count). The van der Waals surface area contributed by atoms with Crippen molar-refractivity contribution in [2.75, 3.05) is 27.8 Å². The molecule has 134 valence electrons. The Hall–Kier alpha value is -1.78. The Bertz CT molecular complexity index is 543. The Morgan fingerprint density at radius 3 is 2.33 bits per heavy atom. The van der Waals surface area contributed by atoms with E-state index in [-0.39, 0.29) is 13.6 Å². The van der Waals surface area contributed by atoms with Crippen LogP contribution in [0.3, 0.4) is 0 Å². The molecule has 0 spiro atoms. The molecule has 0 saturated heterocycles. The van der Waals surface area contributed by atoms with Gasteiger partial charge in [0.25, 0.3) is 0 Å². The summed E-state index contributed by atoms with van der Waals surface area (Å²) in [5.41, 5.74) is 3.85. The monoisotopic (exact) mass is 334 g/mol. The van der Waals surface area contributed by atoms with Crippen LogP contribution in [0.4, 0.5) is 0 Å². The van der Waals surface area contributed by atoms with Crippen molar-refractivity contribution in [2.24, 2.45) is 0 Å². The van der Waals surface area contributed by atoms with E-state index < -0.39 is 0 Å². The molecule has 0 radical (unpaired) electrons. The van der Waals surface area contributed by atoms with Crippen molar-refractivity contribution < 1.29 is 18.9 Å². The van der Waals surface area contributed by atoms with Crippen molar-refractivity contribution in [3.63, 3.8) is 0 Å². The highest BCUT2D eigenvalue weighted by molar-refractivity contribution is 5.42. The maximum Gasteiger partial charge on any atom is 0.188 e. The van der Waals surface area contributed by atoms with Crippen LogP contribution in [0.2, 0.25) is 0 Å². The third kappa shape index (κ3) is 8.18. The molecule has 0 unspecified atom stereocenters. The normalized spacial score (nSPS) is 11.3. The molecule has 0 aliphatic carbocycles. The van der Waals surface area contributed by atoms with Gasteiger partial charge < -0.3 is 18.9 Å². The van der Waals surface area contributed by atoms with Gasteiger partial charge in [0.05, 0.1) is 0 Å². The Morgan fingerprint density at radius 1 is 0.958 bits per heavy atom. The summed E-state index contributed by atoms with van der Waals surface area (Å²) in [5.74, 6) is 1.50. The predicted molar refractivity (Wildman–Crippen MR) is 97.6 cm³/mol. The molecule has 24 heavy (non-hydrogen) atoms. The van der Waals surface area contributed by atoms with E-state index in [1.54, 1.807) is 14.2 Å². The van der Waals surface area contributed by atoms with Crippen molar-refractivity contribution in [3.8, 4) is 11.5 Å². The van der Waals surface area contributed by atoms with E-state index in [9.17, 15) is 0 Å². The van der Waals surface area contributed by atoms with Crippen molar-refractivity contribution in [1.82, 2.24) is 0 Å². The number of hydrogen-bond acceptors (Lipinski definition) is 4. The highest BCUT2D eigenvalue weighted by Gasteiger charge is 2.06. The molecule has 4 nitrogen and oxygen atoms in total. The van der Waals surface area contributed by atoms with Gasteiger partial charge in [0.2, 0.25) is 0 Å². The third-order valence-electron chi connectivity index (χ3n) is 3.48. The van der Waals surface area contributed by atoms with Crippen LogP contribution in [0.15, 0.2) is 41.5 Å². The highest BCUT2D eigenvalue weighted by Crippen LogP contribution is 2.26. The van der Waals surface area contributed by atoms with Crippen molar-refractivity contribution in [3.05, 3.63) is 47.1 Å². The molecule has 4 heteroatoms. The third-order valence-corrected chi connectivity index (χ3v) is 3.48. The number of methoxy groups -OCH3 is 2. The molecule has 0 fully saturated rings. The maximum atomic E-state index is 5.67. The van der Waals surface area contributed by atoms with Gasteiger partial charge in [-0.2, -0.15) is 0 Å². The molecule has 1 aromatic rings. The summed E-state index contributed by atoms with van der Waals surface area (Å²) in [6.45, 7) is 6.86. The lowest BCUT2D eigenvalue weighted by Gasteiger charge is -2.12. The average Bonchev–Trinajstić information content (AvgIpc) is 2.56. The number of benzene rings is 1. The quantitative estimate of drug-likeness (QED) is 0.426. The first-order chi connectivity index (χ1) is 11.6. The number of ether oxygens (including phenoxy) is 4. The van der Waals surface area contributed by atoms with Gasteiger partial charge in [-0.3, -0.25) is 0 Å². The summed E-state index contributed by atoms with van der Waals surface area (Å²) in [7, 11) is 3.21. The number of hydrogen-bond donors (Lipinski definition) is 0. The van der Waals surface area contributed by atoms with Crippen LogP contribution in [-0.2, 0) is 15.9 Å². The summed E-state index contributed by atoms with van der Waals surface area (Å²) >= 11 is 0. The van der Waals surface area contributed by atoms with Crippen LogP contribution in [0.5, 0.6) is 11.5 Å². The first kappa shape index (κ1) is 20.3. The average molecular weight is 334 g/mol. The Kier molecular flexibility index (Phi) is 9.89. The second-order valence-electron chi connectivity index (χ2n) is 5.95. The van der Waals surface area contributed by atoms with Crippen LogP contribution in [0, 0.1) is 0 Å². The van der Waals surface area contributed by atoms with Gasteiger partial charge in [-0.05, 0) is 51.7 Å². The SMILES string of the molecule is COCOc1ccc(C/C=C(\C)CCC=C(C)C)c(OCOC)c1. The molecule has 0 N–H and O–H groups in total. The lowest BCUT2D eigenvalue weighted by Crippen LogP contribution is -2.03. The molecule has 1 aromatic carbocycles. The van der Waals surface area contributed by atoms with Gasteiger partial charge in [0, 0.05) is 20.3 Å². The summed E-state index contributed by atoms with van der Waals surface area (Å²) in [4.78, 5) is 0. The largest absolute Gasteiger partial charge is 0.467 e. The van der Waals surface area contributed by atoms with Crippen LogP contribution in [0.1, 0.15) is 39.2 Å². The molecule has 0 aliphatic rings. The smallest absolute Gasteiger partial charge is 0.188 e. The first-order valence-electron chi connectivity index (χ1n) is 8.22. The molecule has 0 saturated carbocycles. The lowest BCUT2D eigenvalue weighted by molar-refractivity contribution is 0.0456. The van der Waals surface area contributed by atoms with Gasteiger partial charge in [-0.25, -0.2) is 0 Å². The summed E-state index contributed by atoms with van der Waals surface area (Å²) < 4.78 is 21.1. The van der Waals surface area contributed by atoms with E-state index in [0.29, 0.717) is 0 Å². The topological polar surface area (TPSA) is 36.9 Å². The zero-order chi connectivity index (χ0) is 17.8. The summed E-state index contributed by atoms with van der Waals surface area (Å²) in [6.07, 6.45) is 7.51. The van der Waals surface area contributed by atoms with Crippen LogP contribution in [0.25, 0.3) is 0 Å². The molecule has 0 bridgehead atoms. The second-order valence-corrected chi connectivity index (χ2v) is 5.95. The molecule has 0 atom stereocenters. The second kappa shape index (κ2) is 11.7. The van der Waals surface area contributed by atoms with E-state index in [1.807, 2.05) is 18.2 Å². The van der Waals surface area contributed by atoms with E-state index in [1.165, 1.54) is 11.1 Å². The first-order valence-corrected chi connectivity index (χ1v) is 8.22. The standard InChI is InChI=1S/C20H30O4/c1-16(2)7-6-8-17(3)9-10-18-11-12-19(23-14-21-4)13-20(18)24-15-22-5/h7,9,11-13H,6,8,10,14-15H2,1-5H3/b17-9+. The zero-order valence-corrected chi connectivity index (χ0v) is 15.6. The summed E-state index contributed by atoms with van der Waals surface area (Å²) in [5, 5.41) is 0. The fraction of sp³-hybridized carbons (Fsp3) is 0.500. The minimum Gasteiger partial charge on any atom is -0.467 e. The molecule has 0 aromatic heterocycles. The Balaban J connectivity index is 2.75. The van der Waals surface area contributed by atoms with Gasteiger partial charge in [-0.15, -0.1) is 0 Å². The molecule has 0 heterocycles. The van der Waals surface area contributed by atoms with E-state index >= 15 is 0 Å². The molecular formula is C20H30O4.